The maximum Gasteiger partial charge on any atom is 0.256 e. The number of carbonyl (C=O) groups excluding carboxylic acids is 2. The molecule has 1 aliphatic carbocycles. The summed E-state index contributed by atoms with van der Waals surface area (Å²) in [5.74, 6) is 3.46. The van der Waals surface area contributed by atoms with Crippen LogP contribution in [-0.2, 0) is 25.7 Å². The highest BCUT2D eigenvalue weighted by Gasteiger charge is 2.25. The maximum absolute atomic E-state index is 14.2. The minimum Gasteiger partial charge on any atom is -0.493 e. The van der Waals surface area contributed by atoms with Gasteiger partial charge in [-0.05, 0) is 133 Å². The van der Waals surface area contributed by atoms with E-state index in [9.17, 15) is 9.59 Å². The number of nitrogens with one attached hydrogen (secondary N) is 2. The molecule has 2 heterocycles. The fourth-order valence-electron chi connectivity index (χ4n) is 8.11. The van der Waals surface area contributed by atoms with Crippen LogP contribution in [-0.4, -0.2) is 48.2 Å². The molecule has 4 aromatic carbocycles. The predicted molar refractivity (Wildman–Crippen MR) is 254 cm³/mol. The van der Waals surface area contributed by atoms with Crippen LogP contribution in [0.15, 0.2) is 97.1 Å². The van der Waals surface area contributed by atoms with Crippen molar-refractivity contribution in [3.63, 3.8) is 0 Å². The summed E-state index contributed by atoms with van der Waals surface area (Å²) in [5.41, 5.74) is 9.88. The summed E-state index contributed by atoms with van der Waals surface area (Å²) >= 11 is 0. The third-order valence-corrected chi connectivity index (χ3v) is 11.0. The van der Waals surface area contributed by atoms with Gasteiger partial charge in [-0.2, -0.15) is 0 Å². The Kier molecular flexibility index (Phi) is 15.3. The van der Waals surface area contributed by atoms with E-state index >= 15 is 0 Å². The van der Waals surface area contributed by atoms with Crippen molar-refractivity contribution in [1.82, 2.24) is 9.97 Å². The van der Waals surface area contributed by atoms with Gasteiger partial charge in [0.15, 0.2) is 0 Å². The van der Waals surface area contributed by atoms with Crippen molar-refractivity contribution < 1.29 is 28.5 Å². The number of hydrogen-bond acceptors (Lipinski definition) is 8. The lowest BCUT2D eigenvalue weighted by molar-refractivity contribution is 0.101. The number of fused-ring (bicyclic) bond motifs is 8. The zero-order chi connectivity index (χ0) is 45.0. The lowest BCUT2D eigenvalue weighted by Gasteiger charge is -2.23. The molecule has 64 heavy (non-hydrogen) atoms. The highest BCUT2D eigenvalue weighted by molar-refractivity contribution is 6.05. The van der Waals surface area contributed by atoms with Crippen LogP contribution in [0.1, 0.15) is 130 Å². The number of para-hydroxylation sites is 2. The van der Waals surface area contributed by atoms with Crippen molar-refractivity contribution >= 4 is 23.5 Å². The van der Waals surface area contributed by atoms with Crippen LogP contribution < -0.4 is 29.6 Å². The van der Waals surface area contributed by atoms with E-state index in [1.807, 2.05) is 62.4 Å². The lowest BCUT2D eigenvalue weighted by atomic mass is 9.89. The number of rotatable bonds is 16. The van der Waals surface area contributed by atoms with Crippen molar-refractivity contribution in [2.75, 3.05) is 37.1 Å². The molecule has 6 aromatic rings. The molecule has 10 nitrogen and oxygen atoms in total. The van der Waals surface area contributed by atoms with Gasteiger partial charge in [0.1, 0.15) is 34.6 Å². The molecule has 2 N–H and O–H groups in total. The summed E-state index contributed by atoms with van der Waals surface area (Å²) in [7, 11) is 0. The zero-order valence-electron chi connectivity index (χ0n) is 38.1. The Morgan fingerprint density at radius 3 is 1.00 bits per heavy atom. The molecule has 7 rings (SSSR count). The van der Waals surface area contributed by atoms with E-state index in [-0.39, 0.29) is 11.8 Å². The smallest absolute Gasteiger partial charge is 0.256 e. The molecule has 10 heteroatoms. The Labute approximate surface area is 377 Å². The topological polar surface area (TPSA) is 121 Å². The standard InChI is InChI=1S/C54H60N4O6/c1-7-23-61-49-37-17-13-18-38(49)28-42-32-46(54(60)58-48-22-12-16-36(6)56-48)34-44(52(42)64-26-10-4)30-40-20-14-19-39(50(40)62-24-8-2)29-43-33-45(31-41(27-37)51(43)63-25-9-3)53(59)57-47-21-11-15-35(5)55-47/h11-22,31-34H,7-10,23-30H2,1-6H3,(H,55,57,59)(H,56,58,60). The minimum atomic E-state index is -0.263. The number of amides is 2. The van der Waals surface area contributed by atoms with Crippen LogP contribution in [0, 0.1) is 13.8 Å². The van der Waals surface area contributed by atoms with Gasteiger partial charge in [-0.15, -0.1) is 0 Å². The van der Waals surface area contributed by atoms with Gasteiger partial charge in [-0.1, -0.05) is 76.2 Å². The van der Waals surface area contributed by atoms with E-state index < -0.39 is 0 Å². The number of anilines is 2. The van der Waals surface area contributed by atoms with Crippen LogP contribution in [0.2, 0.25) is 0 Å². The van der Waals surface area contributed by atoms with Gasteiger partial charge in [0.05, 0.1) is 26.4 Å². The molecule has 0 radical (unpaired) electrons. The molecule has 2 amide bonds. The summed E-state index contributed by atoms with van der Waals surface area (Å²) in [6.45, 7) is 14.2. The molecule has 0 atom stereocenters. The molecule has 332 valence electrons. The molecule has 0 unspecified atom stereocenters. The van der Waals surface area contributed by atoms with Gasteiger partial charge < -0.3 is 29.6 Å². The first kappa shape index (κ1) is 45.3. The first-order valence-corrected chi connectivity index (χ1v) is 22.7. The van der Waals surface area contributed by atoms with Crippen LogP contribution in [0.5, 0.6) is 23.0 Å². The molecule has 0 saturated heterocycles. The van der Waals surface area contributed by atoms with Crippen molar-refractivity contribution in [2.24, 2.45) is 0 Å². The van der Waals surface area contributed by atoms with E-state index in [4.69, 9.17) is 18.9 Å². The van der Waals surface area contributed by atoms with Gasteiger partial charge in [0.25, 0.3) is 11.8 Å². The Morgan fingerprint density at radius 2 is 0.719 bits per heavy atom. The molecular formula is C54H60N4O6. The second-order valence-electron chi connectivity index (χ2n) is 16.4. The highest BCUT2D eigenvalue weighted by atomic mass is 16.5. The number of carbonyl (C=O) groups is 2. The van der Waals surface area contributed by atoms with Crippen LogP contribution in [0.25, 0.3) is 0 Å². The lowest BCUT2D eigenvalue weighted by Crippen LogP contribution is -2.16. The molecule has 8 bridgehead atoms. The Balaban J connectivity index is 1.47. The fraction of sp³-hybridized carbons (Fsp3) is 0.333. The van der Waals surface area contributed by atoms with Gasteiger partial charge in [0, 0.05) is 48.2 Å². The van der Waals surface area contributed by atoms with E-state index in [1.165, 1.54) is 0 Å². The maximum atomic E-state index is 14.2. The number of benzene rings is 4. The second kappa shape index (κ2) is 21.6. The average molecular weight is 861 g/mol. The molecule has 0 saturated carbocycles. The minimum absolute atomic E-state index is 0.263. The zero-order valence-corrected chi connectivity index (χ0v) is 38.1. The van der Waals surface area contributed by atoms with Crippen molar-refractivity contribution in [3.8, 4) is 23.0 Å². The predicted octanol–water partition coefficient (Wildman–Crippen LogP) is 11.4. The van der Waals surface area contributed by atoms with Gasteiger partial charge in [-0.3, -0.25) is 9.59 Å². The second-order valence-corrected chi connectivity index (χ2v) is 16.4. The van der Waals surface area contributed by atoms with Crippen LogP contribution in [0.4, 0.5) is 11.6 Å². The molecule has 2 aromatic heterocycles. The van der Waals surface area contributed by atoms with Crippen LogP contribution in [0.3, 0.4) is 0 Å². The normalized spacial score (nSPS) is 12.0. The average Bonchev–Trinajstić information content (AvgIpc) is 3.27. The van der Waals surface area contributed by atoms with Gasteiger partial charge in [0.2, 0.25) is 0 Å². The molecule has 0 aliphatic heterocycles. The Bertz CT molecular complexity index is 2340. The third-order valence-electron chi connectivity index (χ3n) is 11.0. The Hall–Kier alpha value is -6.68. The summed E-state index contributed by atoms with van der Waals surface area (Å²) in [5, 5.41) is 6.08. The Morgan fingerprint density at radius 1 is 0.438 bits per heavy atom. The van der Waals surface area contributed by atoms with Crippen molar-refractivity contribution in [2.45, 2.75) is 92.9 Å². The largest absolute Gasteiger partial charge is 0.493 e. The van der Waals surface area contributed by atoms with E-state index in [0.29, 0.717) is 74.9 Å². The summed E-state index contributed by atoms with van der Waals surface area (Å²) in [4.78, 5) is 37.6. The monoisotopic (exact) mass is 860 g/mol. The molecular weight excluding hydrogens is 801 g/mol. The number of pyridine rings is 2. The van der Waals surface area contributed by atoms with Crippen LogP contribution >= 0.6 is 0 Å². The summed E-state index contributed by atoms with van der Waals surface area (Å²) in [6.07, 6.45) is 4.95. The molecule has 0 spiro atoms. The van der Waals surface area contributed by atoms with Gasteiger partial charge >= 0.3 is 0 Å². The summed E-state index contributed by atoms with van der Waals surface area (Å²) < 4.78 is 26.8. The first-order chi connectivity index (χ1) is 31.2. The van der Waals surface area contributed by atoms with E-state index in [2.05, 4.69) is 84.7 Å². The van der Waals surface area contributed by atoms with Crippen molar-refractivity contribution in [3.05, 3.63) is 164 Å². The van der Waals surface area contributed by atoms with Crippen molar-refractivity contribution in [1.29, 1.82) is 0 Å². The van der Waals surface area contributed by atoms with E-state index in [1.54, 1.807) is 12.1 Å². The third kappa shape index (κ3) is 11.1. The molecule has 1 aliphatic rings. The number of aryl methyl sites for hydroxylation is 2. The fourth-order valence-corrected chi connectivity index (χ4v) is 8.11. The number of nitrogens with zero attached hydrogens (tertiary/aromatic N) is 2. The molecule has 0 fully saturated rings. The quantitative estimate of drug-likeness (QED) is 0.0985. The number of ether oxygens (including phenoxy) is 4. The van der Waals surface area contributed by atoms with E-state index in [0.717, 1.165) is 105 Å². The SMILES string of the molecule is CCCOc1c2cccc1Cc1cc(C(=O)Nc3cccc(C)n3)cc(c1OCCC)Cc1cccc(c1OCCC)Cc1cc(C(=O)Nc3cccc(C)n3)cc(c1OCCC)C2. The number of hydrogen-bond donors (Lipinski definition) is 2. The first-order valence-electron chi connectivity index (χ1n) is 22.7. The summed E-state index contributed by atoms with van der Waals surface area (Å²) in [6, 6.07) is 31.4. The number of aromatic nitrogens is 2. The van der Waals surface area contributed by atoms with Gasteiger partial charge in [-0.25, -0.2) is 9.97 Å². The highest BCUT2D eigenvalue weighted by Crippen LogP contribution is 2.40.